The first-order valence-electron chi connectivity index (χ1n) is 6.95. The summed E-state index contributed by atoms with van der Waals surface area (Å²) in [6.45, 7) is 2.76. The van der Waals surface area contributed by atoms with Gasteiger partial charge in [-0.1, -0.05) is 41.4 Å². The van der Waals surface area contributed by atoms with Gasteiger partial charge in [0.25, 0.3) is 0 Å². The Bertz CT molecular complexity index is 775. The molecule has 22 heavy (non-hydrogen) atoms. The number of aryl methyl sites for hydroxylation is 1. The van der Waals surface area contributed by atoms with E-state index in [1.165, 1.54) is 11.1 Å². The number of rotatable bonds is 4. The highest BCUT2D eigenvalue weighted by Crippen LogP contribution is 2.20. The Morgan fingerprint density at radius 2 is 1.86 bits per heavy atom. The molecule has 0 unspecified atom stereocenters. The summed E-state index contributed by atoms with van der Waals surface area (Å²) in [7, 11) is 0. The van der Waals surface area contributed by atoms with E-state index in [1.807, 2.05) is 18.2 Å². The van der Waals surface area contributed by atoms with Crippen molar-refractivity contribution in [3.63, 3.8) is 0 Å². The fourth-order valence-corrected chi connectivity index (χ4v) is 2.34. The molecule has 0 bridgehead atoms. The van der Waals surface area contributed by atoms with Gasteiger partial charge in [0.1, 0.15) is 11.0 Å². The molecule has 0 fully saturated rings. The molecule has 3 aromatic rings. The van der Waals surface area contributed by atoms with Crippen LogP contribution in [0, 0.1) is 6.92 Å². The molecule has 0 saturated carbocycles. The van der Waals surface area contributed by atoms with Gasteiger partial charge in [0.05, 0.1) is 0 Å². The Kier molecular flexibility index (Phi) is 4.30. The van der Waals surface area contributed by atoms with Crippen molar-refractivity contribution in [3.8, 4) is 11.4 Å². The number of benzene rings is 1. The van der Waals surface area contributed by atoms with Gasteiger partial charge in [0.15, 0.2) is 5.82 Å². The maximum Gasteiger partial charge on any atom is 0.163 e. The third-order valence-corrected chi connectivity index (χ3v) is 3.38. The number of nitrogens with one attached hydrogen (secondary N) is 1. The molecule has 0 aliphatic carbocycles. The first-order chi connectivity index (χ1) is 10.7. The molecule has 0 spiro atoms. The Labute approximate surface area is 134 Å². The van der Waals surface area contributed by atoms with Crippen LogP contribution in [0.2, 0.25) is 5.15 Å². The van der Waals surface area contributed by atoms with Gasteiger partial charge in [-0.05, 0) is 24.6 Å². The summed E-state index contributed by atoms with van der Waals surface area (Å²) in [5.41, 5.74) is 3.31. The molecule has 2 heterocycles. The van der Waals surface area contributed by atoms with Crippen molar-refractivity contribution in [2.45, 2.75) is 13.5 Å². The Morgan fingerprint density at radius 3 is 2.64 bits per heavy atom. The third-order valence-electron chi connectivity index (χ3n) is 3.19. The van der Waals surface area contributed by atoms with Crippen molar-refractivity contribution in [3.05, 3.63) is 71.1 Å². The molecule has 1 aromatic carbocycles. The zero-order chi connectivity index (χ0) is 15.4. The van der Waals surface area contributed by atoms with Gasteiger partial charge in [0.2, 0.25) is 0 Å². The van der Waals surface area contributed by atoms with Gasteiger partial charge < -0.3 is 5.32 Å². The molecule has 0 saturated heterocycles. The Balaban J connectivity index is 1.81. The largest absolute Gasteiger partial charge is 0.366 e. The van der Waals surface area contributed by atoms with Gasteiger partial charge >= 0.3 is 0 Å². The normalized spacial score (nSPS) is 10.5. The fourth-order valence-electron chi connectivity index (χ4n) is 2.15. The average molecular weight is 311 g/mol. The lowest BCUT2D eigenvalue weighted by atomic mass is 10.1. The van der Waals surface area contributed by atoms with Crippen molar-refractivity contribution < 1.29 is 0 Å². The highest BCUT2D eigenvalue weighted by molar-refractivity contribution is 6.29. The lowest BCUT2D eigenvalue weighted by Crippen LogP contribution is -2.03. The van der Waals surface area contributed by atoms with Crippen LogP contribution < -0.4 is 5.32 Å². The molecule has 2 aromatic heterocycles. The quantitative estimate of drug-likeness (QED) is 0.737. The van der Waals surface area contributed by atoms with E-state index in [2.05, 4.69) is 45.4 Å². The minimum Gasteiger partial charge on any atom is -0.366 e. The van der Waals surface area contributed by atoms with Crippen LogP contribution in [0.3, 0.4) is 0 Å². The molecule has 0 aliphatic rings. The zero-order valence-corrected chi connectivity index (χ0v) is 12.9. The van der Waals surface area contributed by atoms with Crippen LogP contribution in [0.5, 0.6) is 0 Å². The average Bonchev–Trinajstić information content (AvgIpc) is 2.53. The topological polar surface area (TPSA) is 50.7 Å². The monoisotopic (exact) mass is 310 g/mol. The summed E-state index contributed by atoms with van der Waals surface area (Å²) in [6.07, 6.45) is 3.42. The van der Waals surface area contributed by atoms with Gasteiger partial charge in [-0.25, -0.2) is 9.97 Å². The first kappa shape index (κ1) is 14.5. The number of hydrogen-bond acceptors (Lipinski definition) is 4. The van der Waals surface area contributed by atoms with Gasteiger partial charge in [-0.15, -0.1) is 0 Å². The molecule has 0 radical (unpaired) electrons. The predicted octanol–water partition coefficient (Wildman–Crippen LogP) is 4.11. The van der Waals surface area contributed by atoms with Gasteiger partial charge in [-0.3, -0.25) is 4.98 Å². The molecule has 1 N–H and O–H groups in total. The van der Waals surface area contributed by atoms with Crippen LogP contribution in [-0.2, 0) is 6.54 Å². The third kappa shape index (κ3) is 3.59. The van der Waals surface area contributed by atoms with Crippen LogP contribution in [0.25, 0.3) is 11.4 Å². The molecule has 0 atom stereocenters. The Hall–Kier alpha value is -2.46. The minimum absolute atomic E-state index is 0.411. The molecule has 0 amide bonds. The SMILES string of the molecule is Cc1cccc(CNc2cc(Cl)nc(-c3ccncc3)n2)c1. The van der Waals surface area contributed by atoms with Crippen LogP contribution >= 0.6 is 11.6 Å². The van der Waals surface area contributed by atoms with E-state index >= 15 is 0 Å². The summed E-state index contributed by atoms with van der Waals surface area (Å²) >= 11 is 6.10. The van der Waals surface area contributed by atoms with Crippen molar-refractivity contribution in [2.24, 2.45) is 0 Å². The number of hydrogen-bond donors (Lipinski definition) is 1. The predicted molar refractivity (Wildman–Crippen MR) is 88.8 cm³/mol. The smallest absolute Gasteiger partial charge is 0.163 e. The van der Waals surface area contributed by atoms with Crippen LogP contribution in [0.1, 0.15) is 11.1 Å². The van der Waals surface area contributed by atoms with E-state index in [-0.39, 0.29) is 0 Å². The number of aromatic nitrogens is 3. The fraction of sp³-hybridized carbons (Fsp3) is 0.118. The molecular weight excluding hydrogens is 296 g/mol. The summed E-state index contributed by atoms with van der Waals surface area (Å²) in [5.74, 6) is 1.29. The molecular formula is C17H15ClN4. The second-order valence-electron chi connectivity index (χ2n) is 4.98. The number of anilines is 1. The van der Waals surface area contributed by atoms with Crippen LogP contribution in [0.4, 0.5) is 5.82 Å². The highest BCUT2D eigenvalue weighted by atomic mass is 35.5. The van der Waals surface area contributed by atoms with Crippen molar-refractivity contribution >= 4 is 17.4 Å². The lowest BCUT2D eigenvalue weighted by Gasteiger charge is -2.08. The summed E-state index contributed by atoms with van der Waals surface area (Å²) in [4.78, 5) is 12.8. The van der Waals surface area contributed by atoms with Crippen molar-refractivity contribution in [1.29, 1.82) is 0 Å². The molecule has 110 valence electrons. The highest BCUT2D eigenvalue weighted by Gasteiger charge is 2.06. The van der Waals surface area contributed by atoms with E-state index in [0.717, 1.165) is 5.56 Å². The lowest BCUT2D eigenvalue weighted by molar-refractivity contribution is 1.08. The maximum atomic E-state index is 6.10. The van der Waals surface area contributed by atoms with E-state index in [1.54, 1.807) is 18.5 Å². The van der Waals surface area contributed by atoms with Crippen LogP contribution in [-0.4, -0.2) is 15.0 Å². The Morgan fingerprint density at radius 1 is 1.05 bits per heavy atom. The number of pyridine rings is 1. The first-order valence-corrected chi connectivity index (χ1v) is 7.33. The second-order valence-corrected chi connectivity index (χ2v) is 5.37. The van der Waals surface area contributed by atoms with Crippen molar-refractivity contribution in [1.82, 2.24) is 15.0 Å². The van der Waals surface area contributed by atoms with Crippen LogP contribution in [0.15, 0.2) is 54.9 Å². The molecule has 4 nitrogen and oxygen atoms in total. The van der Waals surface area contributed by atoms with Crippen molar-refractivity contribution in [2.75, 3.05) is 5.32 Å². The van der Waals surface area contributed by atoms with Gasteiger partial charge in [-0.2, -0.15) is 0 Å². The zero-order valence-electron chi connectivity index (χ0n) is 12.1. The van der Waals surface area contributed by atoms with E-state index in [0.29, 0.717) is 23.3 Å². The standard InChI is InChI=1S/C17H15ClN4/c1-12-3-2-4-13(9-12)11-20-16-10-15(18)21-17(22-16)14-5-7-19-8-6-14/h2-10H,11H2,1H3,(H,20,21,22). The van der Waals surface area contributed by atoms with E-state index in [4.69, 9.17) is 11.6 Å². The maximum absolute atomic E-state index is 6.10. The molecule has 0 aliphatic heterocycles. The number of halogens is 1. The molecule has 5 heteroatoms. The minimum atomic E-state index is 0.411. The van der Waals surface area contributed by atoms with E-state index in [9.17, 15) is 0 Å². The summed E-state index contributed by atoms with van der Waals surface area (Å²) in [5, 5.41) is 3.70. The summed E-state index contributed by atoms with van der Waals surface area (Å²) in [6, 6.07) is 13.8. The van der Waals surface area contributed by atoms with E-state index < -0.39 is 0 Å². The second kappa shape index (κ2) is 6.54. The number of nitrogens with zero attached hydrogens (tertiary/aromatic N) is 3. The van der Waals surface area contributed by atoms with Gasteiger partial charge in [0, 0.05) is 30.6 Å². The molecule has 3 rings (SSSR count). The summed E-state index contributed by atoms with van der Waals surface area (Å²) < 4.78 is 0.